The number of ether oxygens (including phenoxy) is 1. The summed E-state index contributed by atoms with van der Waals surface area (Å²) in [7, 11) is 0. The predicted molar refractivity (Wildman–Crippen MR) is 187 cm³/mol. The summed E-state index contributed by atoms with van der Waals surface area (Å²) in [4.78, 5) is 23.2. The number of aromatic nitrogens is 4. The molecule has 9 nitrogen and oxygen atoms in total. The summed E-state index contributed by atoms with van der Waals surface area (Å²) < 4.78 is 21.6. The monoisotopic (exact) mass is 654 g/mol. The van der Waals surface area contributed by atoms with E-state index in [0.717, 1.165) is 56.0 Å². The summed E-state index contributed by atoms with van der Waals surface area (Å²) in [5, 5.41) is 13.6. The number of rotatable bonds is 8. The van der Waals surface area contributed by atoms with Crippen molar-refractivity contribution in [3.05, 3.63) is 82.8 Å². The standard InChI is InChI=1S/C34H35FN8OS2/c1-6-44-28-12-11-24(35)13-27(28)43(32-30-21(3)17-46-34(30)39-19-37-32)42(31-29-20(2)16-45-33(29)38-18-36-31)26-10-8-7-9-25(26)41-14-22(4)40-23(5)15-41/h7-13,16-19,22-23,40H,6,14-15H2,1-5H3. The van der Waals surface area contributed by atoms with Crippen LogP contribution in [0.5, 0.6) is 5.75 Å². The minimum atomic E-state index is -0.395. The maximum absolute atomic E-state index is 15.4. The number of thiophene rings is 2. The molecule has 0 radical (unpaired) electrons. The van der Waals surface area contributed by atoms with E-state index in [-0.39, 0.29) is 12.1 Å². The zero-order valence-electron chi connectivity index (χ0n) is 26.4. The molecule has 1 fully saturated rings. The molecule has 0 bridgehead atoms. The Labute approximate surface area is 275 Å². The second kappa shape index (κ2) is 12.4. The van der Waals surface area contributed by atoms with Gasteiger partial charge < -0.3 is 15.0 Å². The van der Waals surface area contributed by atoms with E-state index in [9.17, 15) is 0 Å². The minimum absolute atomic E-state index is 0.286. The van der Waals surface area contributed by atoms with Crippen LogP contribution in [0.3, 0.4) is 0 Å². The normalized spacial score (nSPS) is 16.7. The largest absolute Gasteiger partial charge is 0.492 e. The van der Waals surface area contributed by atoms with E-state index >= 15 is 4.39 Å². The Morgan fingerprint density at radius 1 is 0.848 bits per heavy atom. The molecule has 7 rings (SSSR count). The first kappa shape index (κ1) is 30.3. The molecule has 0 amide bonds. The van der Waals surface area contributed by atoms with E-state index in [1.165, 1.54) is 12.1 Å². The van der Waals surface area contributed by atoms with Gasteiger partial charge in [0.25, 0.3) is 0 Å². The number of benzene rings is 2. The van der Waals surface area contributed by atoms with Crippen LogP contribution in [-0.4, -0.2) is 51.7 Å². The van der Waals surface area contributed by atoms with Gasteiger partial charge in [-0.1, -0.05) is 12.1 Å². The number of hydrogen-bond acceptors (Lipinski definition) is 11. The van der Waals surface area contributed by atoms with Crippen molar-refractivity contribution in [2.75, 3.05) is 34.6 Å². The molecule has 0 aliphatic carbocycles. The number of hydrazine groups is 1. The number of anilines is 5. The third-order valence-electron chi connectivity index (χ3n) is 8.13. The average Bonchev–Trinajstić information content (AvgIpc) is 3.63. The highest BCUT2D eigenvalue weighted by atomic mass is 32.1. The molecule has 2 atom stereocenters. The number of nitrogens with zero attached hydrogens (tertiary/aromatic N) is 7. The Bertz CT molecular complexity index is 2020. The van der Waals surface area contributed by atoms with Crippen molar-refractivity contribution in [2.45, 2.75) is 46.7 Å². The molecular formula is C34H35FN8OS2. The SMILES string of the molecule is CCOc1ccc(F)cc1N(c1ncnc2scc(C)c12)N(c1ccccc1N1CC(C)NC(C)C1)c1ncnc2scc(C)c12. The van der Waals surface area contributed by atoms with E-state index in [1.807, 2.05) is 24.9 Å². The number of hydrogen-bond donors (Lipinski definition) is 1. The maximum Gasteiger partial charge on any atom is 0.164 e. The summed E-state index contributed by atoms with van der Waals surface area (Å²) in [5.41, 5.74) is 4.44. The number of aryl methyl sites for hydroxylation is 2. The highest BCUT2D eigenvalue weighted by Crippen LogP contribution is 2.47. The number of nitrogens with one attached hydrogen (secondary N) is 1. The van der Waals surface area contributed by atoms with E-state index in [2.05, 4.69) is 74.9 Å². The third kappa shape index (κ3) is 5.40. The number of piperazine rings is 1. The molecular weight excluding hydrogens is 620 g/mol. The van der Waals surface area contributed by atoms with Crippen LogP contribution in [0.1, 0.15) is 31.9 Å². The lowest BCUT2D eigenvalue weighted by atomic mass is 10.1. The smallest absolute Gasteiger partial charge is 0.164 e. The molecule has 2 unspecified atom stereocenters. The highest BCUT2D eigenvalue weighted by Gasteiger charge is 2.34. The van der Waals surface area contributed by atoms with Crippen LogP contribution >= 0.6 is 22.7 Å². The van der Waals surface area contributed by atoms with E-state index in [1.54, 1.807) is 41.4 Å². The van der Waals surface area contributed by atoms with Crippen LogP contribution in [0.25, 0.3) is 20.4 Å². The van der Waals surface area contributed by atoms with E-state index in [0.29, 0.717) is 29.7 Å². The molecule has 1 aliphatic rings. The highest BCUT2D eigenvalue weighted by molar-refractivity contribution is 7.17. The quantitative estimate of drug-likeness (QED) is 0.165. The molecule has 12 heteroatoms. The molecule has 1 saturated heterocycles. The summed E-state index contributed by atoms with van der Waals surface area (Å²) in [5.74, 6) is 1.36. The fraction of sp³-hybridized carbons (Fsp3) is 0.294. The Kier molecular flexibility index (Phi) is 8.18. The summed E-state index contributed by atoms with van der Waals surface area (Å²) >= 11 is 3.13. The van der Waals surface area contributed by atoms with Gasteiger partial charge in [-0.2, -0.15) is 0 Å². The van der Waals surface area contributed by atoms with E-state index < -0.39 is 5.82 Å². The Hall–Kier alpha value is -4.39. The van der Waals surface area contributed by atoms with Crippen LogP contribution in [0.2, 0.25) is 0 Å². The van der Waals surface area contributed by atoms with Gasteiger partial charge in [-0.3, -0.25) is 0 Å². The maximum atomic E-state index is 15.4. The van der Waals surface area contributed by atoms with Crippen LogP contribution in [0.15, 0.2) is 65.9 Å². The van der Waals surface area contributed by atoms with Crippen LogP contribution < -0.4 is 25.0 Å². The molecule has 46 heavy (non-hydrogen) atoms. The fourth-order valence-electron chi connectivity index (χ4n) is 6.32. The molecule has 6 aromatic rings. The first-order valence-corrected chi connectivity index (χ1v) is 17.1. The van der Waals surface area contributed by atoms with Crippen molar-refractivity contribution in [3.63, 3.8) is 0 Å². The van der Waals surface area contributed by atoms with Crippen molar-refractivity contribution >= 4 is 71.8 Å². The van der Waals surface area contributed by atoms with Gasteiger partial charge in [-0.15, -0.1) is 22.7 Å². The predicted octanol–water partition coefficient (Wildman–Crippen LogP) is 7.93. The Balaban J connectivity index is 1.60. The van der Waals surface area contributed by atoms with Crippen molar-refractivity contribution in [2.24, 2.45) is 0 Å². The lowest BCUT2D eigenvalue weighted by Crippen LogP contribution is -2.54. The molecule has 236 valence electrons. The lowest BCUT2D eigenvalue weighted by molar-refractivity contribution is 0.340. The van der Waals surface area contributed by atoms with Crippen LogP contribution in [-0.2, 0) is 0 Å². The van der Waals surface area contributed by atoms with Gasteiger partial charge in [0.2, 0.25) is 0 Å². The first-order chi connectivity index (χ1) is 22.3. The van der Waals surface area contributed by atoms with Gasteiger partial charge in [0.15, 0.2) is 11.6 Å². The summed E-state index contributed by atoms with van der Waals surface area (Å²) in [6.07, 6.45) is 3.16. The van der Waals surface area contributed by atoms with Gasteiger partial charge in [0, 0.05) is 31.2 Å². The first-order valence-electron chi connectivity index (χ1n) is 15.3. The third-order valence-corrected chi connectivity index (χ3v) is 10.1. The number of halogens is 1. The molecule has 4 aromatic heterocycles. The Morgan fingerprint density at radius 2 is 1.43 bits per heavy atom. The van der Waals surface area contributed by atoms with Crippen molar-refractivity contribution < 1.29 is 9.13 Å². The second-order valence-corrected chi connectivity index (χ2v) is 13.3. The topological polar surface area (TPSA) is 82.5 Å². The zero-order chi connectivity index (χ0) is 31.9. The number of fused-ring (bicyclic) bond motifs is 2. The van der Waals surface area contributed by atoms with Crippen LogP contribution in [0, 0.1) is 19.7 Å². The van der Waals surface area contributed by atoms with Gasteiger partial charge in [0.1, 0.15) is 39.6 Å². The molecule has 5 heterocycles. The van der Waals surface area contributed by atoms with Gasteiger partial charge >= 0.3 is 0 Å². The second-order valence-electron chi connectivity index (χ2n) is 11.6. The molecule has 1 N–H and O–H groups in total. The van der Waals surface area contributed by atoms with Gasteiger partial charge in [-0.05, 0) is 80.8 Å². The van der Waals surface area contributed by atoms with E-state index in [4.69, 9.17) is 14.7 Å². The molecule has 0 spiro atoms. The number of para-hydroxylation sites is 2. The lowest BCUT2D eigenvalue weighted by Gasteiger charge is -2.42. The van der Waals surface area contributed by atoms with Gasteiger partial charge in [-0.25, -0.2) is 34.3 Å². The van der Waals surface area contributed by atoms with Gasteiger partial charge in [0.05, 0.1) is 28.8 Å². The molecule has 0 saturated carbocycles. The summed E-state index contributed by atoms with van der Waals surface area (Å²) in [6.45, 7) is 12.5. The fourth-order valence-corrected chi connectivity index (χ4v) is 8.09. The van der Waals surface area contributed by atoms with Crippen molar-refractivity contribution in [1.29, 1.82) is 0 Å². The van der Waals surface area contributed by atoms with Crippen LogP contribution in [0.4, 0.5) is 33.1 Å². The molecule has 2 aromatic carbocycles. The Morgan fingerprint density at radius 3 is 2.04 bits per heavy atom. The van der Waals surface area contributed by atoms with Crippen molar-refractivity contribution in [3.8, 4) is 5.75 Å². The minimum Gasteiger partial charge on any atom is -0.492 e. The average molecular weight is 655 g/mol. The zero-order valence-corrected chi connectivity index (χ0v) is 28.0. The summed E-state index contributed by atoms with van der Waals surface area (Å²) in [6, 6.07) is 13.5. The van der Waals surface area contributed by atoms with Crippen molar-refractivity contribution in [1.82, 2.24) is 25.3 Å². The molecule has 1 aliphatic heterocycles.